The molecule has 8 nitrogen and oxygen atoms in total. The van der Waals surface area contributed by atoms with Gasteiger partial charge in [-0.1, -0.05) is 34.6 Å². The molecular weight excluding hydrogens is 473 g/mol. The predicted octanol–water partition coefficient (Wildman–Crippen LogP) is 4.47. The first-order valence-corrected chi connectivity index (χ1v) is 12.0. The minimum atomic E-state index is 0. The summed E-state index contributed by atoms with van der Waals surface area (Å²) in [5, 5.41) is 6.44. The van der Waals surface area contributed by atoms with E-state index in [0.29, 0.717) is 30.1 Å². The van der Waals surface area contributed by atoms with Gasteiger partial charge in [0.05, 0.1) is 5.69 Å². The van der Waals surface area contributed by atoms with E-state index < -0.39 is 0 Å². The SMILES string of the molecule is CC(C)NCCn1cc(C(C)C)nc1C1CCN(c2ncnc3c2[C@H](C)CC(=O)N3)CC1.Cl.Cl. The number of aromatic nitrogens is 4. The molecule has 0 radical (unpaired) electrons. The number of carbonyl (C=O) groups is 1. The van der Waals surface area contributed by atoms with Gasteiger partial charge in [0.15, 0.2) is 0 Å². The number of amides is 1. The molecule has 0 spiro atoms. The fraction of sp³-hybridized carbons (Fsp3) is 0.667. The summed E-state index contributed by atoms with van der Waals surface area (Å²) >= 11 is 0. The molecule has 4 heterocycles. The van der Waals surface area contributed by atoms with Gasteiger partial charge in [0.25, 0.3) is 0 Å². The van der Waals surface area contributed by atoms with Crippen LogP contribution in [-0.4, -0.2) is 51.1 Å². The maximum Gasteiger partial charge on any atom is 0.226 e. The van der Waals surface area contributed by atoms with Crippen LogP contribution in [0.15, 0.2) is 12.5 Å². The first kappa shape index (κ1) is 28.3. The molecule has 1 fully saturated rings. The summed E-state index contributed by atoms with van der Waals surface area (Å²) in [6.07, 6.45) is 6.41. The molecule has 10 heteroatoms. The minimum Gasteiger partial charge on any atom is -0.356 e. The Morgan fingerprint density at radius 3 is 2.50 bits per heavy atom. The molecule has 190 valence electrons. The highest BCUT2D eigenvalue weighted by atomic mass is 35.5. The first-order valence-electron chi connectivity index (χ1n) is 12.0. The van der Waals surface area contributed by atoms with E-state index in [0.717, 1.165) is 50.4 Å². The summed E-state index contributed by atoms with van der Waals surface area (Å²) in [5.74, 6) is 3.93. The highest BCUT2D eigenvalue weighted by Gasteiger charge is 2.31. The summed E-state index contributed by atoms with van der Waals surface area (Å²) in [6, 6.07) is 0.487. The lowest BCUT2D eigenvalue weighted by Crippen LogP contribution is -2.36. The van der Waals surface area contributed by atoms with Crippen molar-refractivity contribution in [3.05, 3.63) is 29.6 Å². The molecule has 0 saturated carbocycles. The van der Waals surface area contributed by atoms with Crippen molar-refractivity contribution in [1.82, 2.24) is 24.8 Å². The fourth-order valence-corrected chi connectivity index (χ4v) is 4.81. The van der Waals surface area contributed by atoms with Gasteiger partial charge in [-0.2, -0.15) is 0 Å². The number of fused-ring (bicyclic) bond motifs is 1. The van der Waals surface area contributed by atoms with E-state index in [4.69, 9.17) is 4.98 Å². The Balaban J connectivity index is 0.00000204. The summed E-state index contributed by atoms with van der Waals surface area (Å²) < 4.78 is 2.37. The molecule has 2 aromatic rings. The monoisotopic (exact) mass is 511 g/mol. The summed E-state index contributed by atoms with van der Waals surface area (Å²) in [4.78, 5) is 28.3. The molecule has 1 saturated heterocycles. The Morgan fingerprint density at radius 1 is 1.15 bits per heavy atom. The Hall–Kier alpha value is -1.90. The number of carbonyl (C=O) groups excluding carboxylic acids is 1. The molecule has 1 amide bonds. The average Bonchev–Trinajstić information content (AvgIpc) is 3.17. The molecule has 2 aliphatic rings. The van der Waals surface area contributed by atoms with Crippen molar-refractivity contribution in [3.63, 3.8) is 0 Å². The Bertz CT molecular complexity index is 955. The fourth-order valence-electron chi connectivity index (χ4n) is 4.81. The number of rotatable bonds is 7. The van der Waals surface area contributed by atoms with Crippen LogP contribution in [0.25, 0.3) is 0 Å². The number of anilines is 2. The summed E-state index contributed by atoms with van der Waals surface area (Å²) in [5.41, 5.74) is 2.26. The predicted molar refractivity (Wildman–Crippen MR) is 142 cm³/mol. The minimum absolute atomic E-state index is 0. The lowest BCUT2D eigenvalue weighted by Gasteiger charge is -2.35. The number of halogens is 2. The normalized spacial score (nSPS) is 18.4. The van der Waals surface area contributed by atoms with Crippen LogP contribution in [0.4, 0.5) is 11.6 Å². The third-order valence-electron chi connectivity index (χ3n) is 6.59. The van der Waals surface area contributed by atoms with Crippen LogP contribution in [-0.2, 0) is 11.3 Å². The zero-order valence-electron chi connectivity index (χ0n) is 20.9. The smallest absolute Gasteiger partial charge is 0.226 e. The van der Waals surface area contributed by atoms with Gasteiger partial charge in [-0.25, -0.2) is 15.0 Å². The van der Waals surface area contributed by atoms with Crippen LogP contribution in [0.1, 0.15) is 88.7 Å². The number of hydrogen-bond donors (Lipinski definition) is 2. The molecule has 2 aromatic heterocycles. The van der Waals surface area contributed by atoms with Crippen LogP contribution in [0.5, 0.6) is 0 Å². The van der Waals surface area contributed by atoms with Crippen molar-refractivity contribution in [1.29, 1.82) is 0 Å². The molecule has 0 aliphatic carbocycles. The summed E-state index contributed by atoms with van der Waals surface area (Å²) in [6.45, 7) is 14.6. The quantitative estimate of drug-likeness (QED) is 0.569. The van der Waals surface area contributed by atoms with Crippen molar-refractivity contribution in [3.8, 4) is 0 Å². The zero-order chi connectivity index (χ0) is 22.8. The van der Waals surface area contributed by atoms with E-state index in [2.05, 4.69) is 70.9 Å². The highest BCUT2D eigenvalue weighted by Crippen LogP contribution is 2.38. The van der Waals surface area contributed by atoms with E-state index in [9.17, 15) is 4.79 Å². The van der Waals surface area contributed by atoms with Crippen molar-refractivity contribution in [2.75, 3.05) is 29.9 Å². The largest absolute Gasteiger partial charge is 0.356 e. The van der Waals surface area contributed by atoms with Crippen LogP contribution >= 0.6 is 24.8 Å². The number of nitrogens with zero attached hydrogens (tertiary/aromatic N) is 5. The van der Waals surface area contributed by atoms with Gasteiger partial charge in [0, 0.05) is 56.3 Å². The van der Waals surface area contributed by atoms with Crippen LogP contribution < -0.4 is 15.5 Å². The topological polar surface area (TPSA) is 88.0 Å². The lowest BCUT2D eigenvalue weighted by atomic mass is 9.92. The highest BCUT2D eigenvalue weighted by molar-refractivity contribution is 5.94. The van der Waals surface area contributed by atoms with Gasteiger partial charge >= 0.3 is 0 Å². The van der Waals surface area contributed by atoms with Crippen molar-refractivity contribution < 1.29 is 4.79 Å². The number of imidazole rings is 1. The molecule has 0 bridgehead atoms. The van der Waals surface area contributed by atoms with Crippen molar-refractivity contribution in [2.45, 2.75) is 84.2 Å². The third-order valence-corrected chi connectivity index (χ3v) is 6.59. The third kappa shape index (κ3) is 6.20. The Morgan fingerprint density at radius 2 is 1.85 bits per heavy atom. The van der Waals surface area contributed by atoms with E-state index in [1.54, 1.807) is 6.33 Å². The number of hydrogen-bond acceptors (Lipinski definition) is 6. The van der Waals surface area contributed by atoms with E-state index in [-0.39, 0.29) is 36.6 Å². The second kappa shape index (κ2) is 12.2. The molecule has 0 aromatic carbocycles. The summed E-state index contributed by atoms with van der Waals surface area (Å²) in [7, 11) is 0. The maximum absolute atomic E-state index is 11.9. The van der Waals surface area contributed by atoms with Gasteiger partial charge < -0.3 is 20.1 Å². The second-order valence-corrected chi connectivity index (χ2v) is 9.86. The Labute approximate surface area is 215 Å². The number of piperidine rings is 1. The van der Waals surface area contributed by atoms with Crippen molar-refractivity contribution >= 4 is 42.4 Å². The number of nitrogens with one attached hydrogen (secondary N) is 2. The van der Waals surface area contributed by atoms with Crippen LogP contribution in [0.3, 0.4) is 0 Å². The van der Waals surface area contributed by atoms with Gasteiger partial charge in [0.2, 0.25) is 5.91 Å². The first-order chi connectivity index (χ1) is 15.3. The van der Waals surface area contributed by atoms with Crippen LogP contribution in [0, 0.1) is 0 Å². The van der Waals surface area contributed by atoms with E-state index >= 15 is 0 Å². The van der Waals surface area contributed by atoms with Gasteiger partial charge in [-0.15, -0.1) is 24.8 Å². The maximum atomic E-state index is 11.9. The van der Waals surface area contributed by atoms with Gasteiger partial charge in [-0.05, 0) is 24.7 Å². The molecular formula is C24H39Cl2N7O. The average molecular weight is 513 g/mol. The van der Waals surface area contributed by atoms with Crippen LogP contribution in [0.2, 0.25) is 0 Å². The zero-order valence-corrected chi connectivity index (χ0v) is 22.5. The van der Waals surface area contributed by atoms with Gasteiger partial charge in [-0.3, -0.25) is 4.79 Å². The Kier molecular flexibility index (Phi) is 10.2. The molecule has 1 atom stereocenters. The molecule has 2 N–H and O–H groups in total. The molecule has 2 aliphatic heterocycles. The lowest BCUT2D eigenvalue weighted by molar-refractivity contribution is -0.116. The second-order valence-electron chi connectivity index (χ2n) is 9.86. The molecule has 34 heavy (non-hydrogen) atoms. The van der Waals surface area contributed by atoms with Crippen molar-refractivity contribution in [2.24, 2.45) is 0 Å². The molecule has 0 unspecified atom stereocenters. The van der Waals surface area contributed by atoms with E-state index in [1.165, 1.54) is 11.5 Å². The molecule has 4 rings (SSSR count). The van der Waals surface area contributed by atoms with E-state index in [1.807, 2.05) is 0 Å². The standard InChI is InChI=1S/C24H37N7O.2ClH/c1-15(2)19-13-31(11-8-25-16(3)4)23(28-19)18-6-9-30(10-7-18)24-21-17(5)12-20(32)29-22(21)26-14-27-24;;/h13-18,25H,6-12H2,1-5H3,(H,26,27,29,32);2*1H/t17-;;/m1../s1. The van der Waals surface area contributed by atoms with Gasteiger partial charge in [0.1, 0.15) is 23.8 Å².